The van der Waals surface area contributed by atoms with E-state index < -0.39 is 0 Å². The molecule has 1 fully saturated rings. The third-order valence-corrected chi connectivity index (χ3v) is 3.41. The molecule has 3 nitrogen and oxygen atoms in total. The summed E-state index contributed by atoms with van der Waals surface area (Å²) < 4.78 is 0. The molecule has 3 heteroatoms. The summed E-state index contributed by atoms with van der Waals surface area (Å²) in [6.45, 7) is 5.27. The molecule has 18 heavy (non-hydrogen) atoms. The summed E-state index contributed by atoms with van der Waals surface area (Å²) in [7, 11) is 2.18. The van der Waals surface area contributed by atoms with Crippen molar-refractivity contribution in [2.75, 3.05) is 44.7 Å². The third kappa shape index (κ3) is 3.59. The first-order valence-corrected chi connectivity index (χ1v) is 6.70. The van der Waals surface area contributed by atoms with Crippen LogP contribution in [-0.2, 0) is 0 Å². The molecule has 1 aromatic carbocycles. The molecule has 2 N–H and O–H groups in total. The lowest BCUT2D eigenvalue weighted by atomic mass is 10.1. The number of hydrogen-bond acceptors (Lipinski definition) is 3. The van der Waals surface area contributed by atoms with Crippen molar-refractivity contribution in [3.05, 3.63) is 35.9 Å². The summed E-state index contributed by atoms with van der Waals surface area (Å²) in [5.41, 5.74) is 8.05. The van der Waals surface area contributed by atoms with Crippen molar-refractivity contribution in [3.63, 3.8) is 0 Å². The molecule has 0 saturated carbocycles. The number of nitrogens with zero attached hydrogens (tertiary/aromatic N) is 2. The van der Waals surface area contributed by atoms with Crippen LogP contribution in [0.15, 0.2) is 30.3 Å². The van der Waals surface area contributed by atoms with Crippen LogP contribution in [0.4, 0.5) is 5.69 Å². The molecule has 0 radical (unpaired) electrons. The minimum absolute atomic E-state index is 0.718. The predicted octanol–water partition coefficient (Wildman–Crippen LogP) is 1.80. The Morgan fingerprint density at radius 1 is 1.11 bits per heavy atom. The molecule has 0 atom stereocenters. The van der Waals surface area contributed by atoms with Gasteiger partial charge in [-0.3, -0.25) is 0 Å². The molecule has 0 spiro atoms. The van der Waals surface area contributed by atoms with Crippen molar-refractivity contribution in [1.29, 1.82) is 0 Å². The molecular formula is C15H23N3. The lowest BCUT2D eigenvalue weighted by Gasteiger charge is -2.34. The van der Waals surface area contributed by atoms with Crippen LogP contribution in [0.1, 0.15) is 12.0 Å². The van der Waals surface area contributed by atoms with Crippen molar-refractivity contribution < 1.29 is 0 Å². The van der Waals surface area contributed by atoms with Crippen LogP contribution in [0.2, 0.25) is 0 Å². The van der Waals surface area contributed by atoms with E-state index in [4.69, 9.17) is 5.73 Å². The number of rotatable bonds is 4. The molecular weight excluding hydrogens is 222 g/mol. The molecule has 1 saturated heterocycles. The van der Waals surface area contributed by atoms with Crippen LogP contribution in [-0.4, -0.2) is 44.7 Å². The maximum atomic E-state index is 5.46. The highest BCUT2D eigenvalue weighted by atomic mass is 15.2. The lowest BCUT2D eigenvalue weighted by Crippen LogP contribution is -2.44. The number of hydrogen-bond donors (Lipinski definition) is 1. The Morgan fingerprint density at radius 2 is 1.78 bits per heavy atom. The average molecular weight is 245 g/mol. The summed E-state index contributed by atoms with van der Waals surface area (Å²) in [6.07, 6.45) is 5.21. The van der Waals surface area contributed by atoms with Gasteiger partial charge in [-0.05, 0) is 37.7 Å². The second kappa shape index (κ2) is 6.57. The highest BCUT2D eigenvalue weighted by molar-refractivity contribution is 5.56. The monoisotopic (exact) mass is 245 g/mol. The van der Waals surface area contributed by atoms with Gasteiger partial charge < -0.3 is 15.5 Å². The van der Waals surface area contributed by atoms with Crippen LogP contribution >= 0.6 is 0 Å². The first-order valence-electron chi connectivity index (χ1n) is 6.70. The summed E-state index contributed by atoms with van der Waals surface area (Å²) in [4.78, 5) is 4.83. The minimum atomic E-state index is 0.718. The highest BCUT2D eigenvalue weighted by Gasteiger charge is 2.13. The van der Waals surface area contributed by atoms with Crippen molar-refractivity contribution in [2.45, 2.75) is 6.42 Å². The Morgan fingerprint density at radius 3 is 2.39 bits per heavy atom. The van der Waals surface area contributed by atoms with Gasteiger partial charge in [0, 0.05) is 31.9 Å². The normalized spacial score (nSPS) is 17.6. The van der Waals surface area contributed by atoms with Gasteiger partial charge in [0.25, 0.3) is 0 Å². The molecule has 0 aliphatic carbocycles. The number of anilines is 1. The van der Waals surface area contributed by atoms with E-state index in [0.29, 0.717) is 0 Å². The van der Waals surface area contributed by atoms with Gasteiger partial charge in [0.05, 0.1) is 0 Å². The molecule has 2 rings (SSSR count). The fourth-order valence-corrected chi connectivity index (χ4v) is 2.18. The van der Waals surface area contributed by atoms with Gasteiger partial charge in [-0.1, -0.05) is 24.3 Å². The fourth-order valence-electron chi connectivity index (χ4n) is 2.18. The third-order valence-electron chi connectivity index (χ3n) is 3.41. The van der Waals surface area contributed by atoms with E-state index in [1.807, 2.05) is 0 Å². The Labute approximate surface area is 110 Å². The molecule has 0 bridgehead atoms. The second-order valence-electron chi connectivity index (χ2n) is 4.86. The summed E-state index contributed by atoms with van der Waals surface area (Å²) in [5.74, 6) is 0. The average Bonchev–Trinajstić information content (AvgIpc) is 2.41. The first kappa shape index (κ1) is 13.1. The molecule has 98 valence electrons. The van der Waals surface area contributed by atoms with E-state index in [1.54, 1.807) is 0 Å². The second-order valence-corrected chi connectivity index (χ2v) is 4.86. The Bertz CT molecular complexity index is 375. The van der Waals surface area contributed by atoms with Crippen LogP contribution < -0.4 is 10.6 Å². The van der Waals surface area contributed by atoms with E-state index in [0.717, 1.165) is 39.1 Å². The highest BCUT2D eigenvalue weighted by Crippen LogP contribution is 2.17. The van der Waals surface area contributed by atoms with Crippen LogP contribution in [0.3, 0.4) is 0 Å². The van der Waals surface area contributed by atoms with Crippen molar-refractivity contribution in [2.24, 2.45) is 5.73 Å². The quantitative estimate of drug-likeness (QED) is 0.878. The minimum Gasteiger partial charge on any atom is -0.369 e. The van der Waals surface area contributed by atoms with Crippen molar-refractivity contribution >= 4 is 11.8 Å². The zero-order valence-electron chi connectivity index (χ0n) is 11.2. The number of nitrogens with two attached hydrogens (primary N) is 1. The number of piperazine rings is 1. The van der Waals surface area contributed by atoms with E-state index in [2.05, 4.69) is 53.3 Å². The fraction of sp³-hybridized carbons (Fsp3) is 0.467. The van der Waals surface area contributed by atoms with Gasteiger partial charge in [-0.25, -0.2) is 0 Å². The maximum absolute atomic E-state index is 5.46. The molecule has 0 amide bonds. The molecule has 0 aromatic heterocycles. The lowest BCUT2D eigenvalue weighted by molar-refractivity contribution is 0.313. The zero-order valence-corrected chi connectivity index (χ0v) is 11.2. The van der Waals surface area contributed by atoms with Crippen molar-refractivity contribution in [1.82, 2.24) is 4.90 Å². The molecule has 1 aliphatic rings. The number of likely N-dealkylation sites (N-methyl/N-ethyl adjacent to an activating group) is 1. The van der Waals surface area contributed by atoms with E-state index in [9.17, 15) is 0 Å². The standard InChI is InChI=1S/C15H23N3/c1-17-10-12-18(13-11-17)15-7-5-14(6-8-15)4-2-3-9-16/h2,4-8H,3,9-13,16H2,1H3. The summed E-state index contributed by atoms with van der Waals surface area (Å²) in [5, 5.41) is 0. The zero-order chi connectivity index (χ0) is 12.8. The van der Waals surface area contributed by atoms with Gasteiger partial charge >= 0.3 is 0 Å². The largest absolute Gasteiger partial charge is 0.369 e. The van der Waals surface area contributed by atoms with Crippen LogP contribution in [0, 0.1) is 0 Å². The van der Waals surface area contributed by atoms with Gasteiger partial charge in [-0.15, -0.1) is 0 Å². The Balaban J connectivity index is 1.95. The Kier molecular flexibility index (Phi) is 4.79. The van der Waals surface area contributed by atoms with Gasteiger partial charge in [0.2, 0.25) is 0 Å². The number of benzene rings is 1. The summed E-state index contributed by atoms with van der Waals surface area (Å²) in [6, 6.07) is 8.79. The maximum Gasteiger partial charge on any atom is 0.0367 e. The predicted molar refractivity (Wildman–Crippen MR) is 78.9 cm³/mol. The van der Waals surface area contributed by atoms with E-state index in [-0.39, 0.29) is 0 Å². The van der Waals surface area contributed by atoms with Gasteiger partial charge in [0.1, 0.15) is 0 Å². The van der Waals surface area contributed by atoms with Gasteiger partial charge in [0.15, 0.2) is 0 Å². The molecule has 0 unspecified atom stereocenters. The molecule has 1 aromatic rings. The summed E-state index contributed by atoms with van der Waals surface area (Å²) >= 11 is 0. The SMILES string of the molecule is CN1CCN(c2ccc(C=CCCN)cc2)CC1. The molecule has 1 heterocycles. The smallest absolute Gasteiger partial charge is 0.0367 e. The van der Waals surface area contributed by atoms with Crippen LogP contribution in [0.5, 0.6) is 0 Å². The van der Waals surface area contributed by atoms with Crippen LogP contribution in [0.25, 0.3) is 6.08 Å². The topological polar surface area (TPSA) is 32.5 Å². The molecule has 1 aliphatic heterocycles. The van der Waals surface area contributed by atoms with Crippen molar-refractivity contribution in [3.8, 4) is 0 Å². The van der Waals surface area contributed by atoms with E-state index >= 15 is 0 Å². The first-order chi connectivity index (χ1) is 8.79. The van der Waals surface area contributed by atoms with Gasteiger partial charge in [-0.2, -0.15) is 0 Å². The van der Waals surface area contributed by atoms with E-state index in [1.165, 1.54) is 11.3 Å². The Hall–Kier alpha value is -1.32.